The molecule has 9 heteroatoms. The Hall–Kier alpha value is -3.27. The predicted molar refractivity (Wildman–Crippen MR) is 130 cm³/mol. The maximum absolute atomic E-state index is 10.2. The summed E-state index contributed by atoms with van der Waals surface area (Å²) in [7, 11) is 0. The van der Waals surface area contributed by atoms with Crippen molar-refractivity contribution < 1.29 is 15.3 Å². The predicted octanol–water partition coefficient (Wildman–Crippen LogP) is 1.28. The molecule has 9 nitrogen and oxygen atoms in total. The fraction of sp³-hybridized carbons (Fsp3) is 0.400. The summed E-state index contributed by atoms with van der Waals surface area (Å²) in [5, 5.41) is 29.5. The van der Waals surface area contributed by atoms with E-state index in [2.05, 4.69) is 26.8 Å². The number of aliphatic hydroxyl groups is 2. The van der Waals surface area contributed by atoms with Crippen LogP contribution in [0.4, 0.5) is 11.9 Å². The second kappa shape index (κ2) is 9.92. The third-order valence-corrected chi connectivity index (χ3v) is 6.61. The highest BCUT2D eigenvalue weighted by Gasteiger charge is 2.29. The minimum absolute atomic E-state index is 0.00333. The number of anilines is 2. The minimum Gasteiger partial charge on any atom is -0.508 e. The Labute approximate surface area is 199 Å². The van der Waals surface area contributed by atoms with Crippen LogP contribution < -0.4 is 9.80 Å². The van der Waals surface area contributed by atoms with E-state index in [1.165, 1.54) is 11.1 Å². The number of aromatic nitrogens is 3. The summed E-state index contributed by atoms with van der Waals surface area (Å²) in [5.74, 6) is 1.75. The molecule has 3 N–H and O–H groups in total. The Morgan fingerprint density at radius 3 is 2.35 bits per heavy atom. The summed E-state index contributed by atoms with van der Waals surface area (Å²) in [4.78, 5) is 20.8. The first-order valence-corrected chi connectivity index (χ1v) is 11.7. The highest BCUT2D eigenvalue weighted by molar-refractivity contribution is 5.61. The lowest BCUT2D eigenvalue weighted by Crippen LogP contribution is -2.48. The average Bonchev–Trinajstić information content (AvgIpc) is 2.88. The van der Waals surface area contributed by atoms with Crippen LogP contribution in [0.1, 0.15) is 11.1 Å². The molecular formula is C25H30N6O3. The summed E-state index contributed by atoms with van der Waals surface area (Å²) in [6.07, 6.45) is 0.717. The van der Waals surface area contributed by atoms with Gasteiger partial charge in [0.25, 0.3) is 0 Å². The van der Waals surface area contributed by atoms with Gasteiger partial charge in [0.1, 0.15) is 5.75 Å². The SMILES string of the molecule is OCCN1CCN(c2nc(-c3cccc(O)c3)nc(N3Cc4ccccc4C[C@@H]3CO)n2)CC1. The van der Waals surface area contributed by atoms with E-state index in [0.717, 1.165) is 32.6 Å². The molecule has 34 heavy (non-hydrogen) atoms. The smallest absolute Gasteiger partial charge is 0.231 e. The molecule has 5 rings (SSSR count). The normalized spacial score (nSPS) is 18.7. The van der Waals surface area contributed by atoms with Gasteiger partial charge in [-0.15, -0.1) is 0 Å². The zero-order chi connectivity index (χ0) is 23.5. The van der Waals surface area contributed by atoms with Crippen molar-refractivity contribution >= 4 is 11.9 Å². The highest BCUT2D eigenvalue weighted by Crippen LogP contribution is 2.30. The number of aromatic hydroxyl groups is 1. The van der Waals surface area contributed by atoms with Gasteiger partial charge in [-0.05, 0) is 29.7 Å². The van der Waals surface area contributed by atoms with E-state index >= 15 is 0 Å². The second-order valence-corrected chi connectivity index (χ2v) is 8.80. The van der Waals surface area contributed by atoms with E-state index in [4.69, 9.17) is 15.0 Å². The van der Waals surface area contributed by atoms with Crippen LogP contribution in [-0.4, -0.2) is 87.2 Å². The summed E-state index contributed by atoms with van der Waals surface area (Å²) in [6.45, 7) is 4.54. The molecule has 0 saturated carbocycles. The molecule has 2 aliphatic heterocycles. The molecule has 1 fully saturated rings. The van der Waals surface area contributed by atoms with E-state index in [1.54, 1.807) is 18.2 Å². The van der Waals surface area contributed by atoms with Crippen LogP contribution in [0.25, 0.3) is 11.4 Å². The van der Waals surface area contributed by atoms with Gasteiger partial charge in [0.15, 0.2) is 5.82 Å². The molecule has 3 aromatic rings. The van der Waals surface area contributed by atoms with Crippen molar-refractivity contribution in [3.63, 3.8) is 0 Å². The first kappa shape index (κ1) is 22.5. The summed E-state index contributed by atoms with van der Waals surface area (Å²) < 4.78 is 0. The van der Waals surface area contributed by atoms with Crippen molar-refractivity contribution in [2.75, 3.05) is 55.7 Å². The van der Waals surface area contributed by atoms with Gasteiger partial charge in [-0.25, -0.2) is 0 Å². The molecule has 1 aromatic heterocycles. The molecule has 0 radical (unpaired) electrons. The van der Waals surface area contributed by atoms with Crippen LogP contribution in [-0.2, 0) is 13.0 Å². The summed E-state index contributed by atoms with van der Waals surface area (Å²) in [6, 6.07) is 15.1. The molecule has 178 valence electrons. The van der Waals surface area contributed by atoms with Gasteiger partial charge in [0.05, 0.1) is 19.3 Å². The average molecular weight is 463 g/mol. The van der Waals surface area contributed by atoms with E-state index in [1.807, 2.05) is 18.2 Å². The number of benzene rings is 2. The number of rotatable bonds is 6. The standard InChI is InChI=1S/C25H30N6O3/c32-13-12-29-8-10-30(11-9-29)24-26-23(19-6-3-7-22(34)15-19)27-25(28-24)31-16-20-5-2-1-4-18(20)14-21(31)17-33/h1-7,15,21,32-34H,8-14,16-17H2/t21-/m1/s1. The number of phenols is 1. The maximum atomic E-state index is 10.2. The monoisotopic (exact) mass is 462 g/mol. The van der Waals surface area contributed by atoms with Crippen molar-refractivity contribution in [1.82, 2.24) is 19.9 Å². The Morgan fingerprint density at radius 1 is 0.853 bits per heavy atom. The number of fused-ring (bicyclic) bond motifs is 1. The van der Waals surface area contributed by atoms with Gasteiger partial charge in [-0.1, -0.05) is 36.4 Å². The van der Waals surface area contributed by atoms with E-state index in [0.29, 0.717) is 36.4 Å². The maximum Gasteiger partial charge on any atom is 0.231 e. The number of aliphatic hydroxyl groups excluding tert-OH is 2. The number of phenolic OH excluding ortho intramolecular Hbond substituents is 1. The molecule has 0 aliphatic carbocycles. The second-order valence-electron chi connectivity index (χ2n) is 8.80. The Morgan fingerprint density at radius 2 is 1.62 bits per heavy atom. The zero-order valence-electron chi connectivity index (χ0n) is 19.1. The first-order chi connectivity index (χ1) is 16.6. The fourth-order valence-electron chi connectivity index (χ4n) is 4.70. The summed E-state index contributed by atoms with van der Waals surface area (Å²) in [5.41, 5.74) is 3.15. The molecule has 0 bridgehead atoms. The summed E-state index contributed by atoms with van der Waals surface area (Å²) >= 11 is 0. The van der Waals surface area contributed by atoms with Gasteiger partial charge in [0.2, 0.25) is 11.9 Å². The molecule has 1 atom stereocenters. The lowest BCUT2D eigenvalue weighted by Gasteiger charge is -2.37. The van der Waals surface area contributed by atoms with E-state index in [-0.39, 0.29) is 25.0 Å². The first-order valence-electron chi connectivity index (χ1n) is 11.7. The van der Waals surface area contributed by atoms with Crippen LogP contribution in [0, 0.1) is 0 Å². The van der Waals surface area contributed by atoms with Crippen molar-refractivity contribution in [2.45, 2.75) is 19.0 Å². The van der Waals surface area contributed by atoms with Gasteiger partial charge >= 0.3 is 0 Å². The lowest BCUT2D eigenvalue weighted by molar-refractivity contribution is 0.188. The zero-order valence-corrected chi connectivity index (χ0v) is 19.1. The quantitative estimate of drug-likeness (QED) is 0.499. The molecule has 1 saturated heterocycles. The van der Waals surface area contributed by atoms with Crippen molar-refractivity contribution in [3.05, 3.63) is 59.7 Å². The number of hydrogen-bond acceptors (Lipinski definition) is 9. The molecule has 3 heterocycles. The van der Waals surface area contributed by atoms with Gasteiger partial charge in [0, 0.05) is 44.8 Å². The van der Waals surface area contributed by atoms with Gasteiger partial charge in [-0.2, -0.15) is 15.0 Å². The van der Waals surface area contributed by atoms with Gasteiger partial charge < -0.3 is 25.1 Å². The van der Waals surface area contributed by atoms with Crippen molar-refractivity contribution in [3.8, 4) is 17.1 Å². The Balaban J connectivity index is 1.52. The highest BCUT2D eigenvalue weighted by atomic mass is 16.3. The molecule has 0 spiro atoms. The third-order valence-electron chi connectivity index (χ3n) is 6.61. The molecule has 2 aliphatic rings. The number of β-amino-alcohol motifs (C(OH)–C–C–N with tert-alkyl or cyclic N) is 1. The largest absolute Gasteiger partial charge is 0.508 e. The topological polar surface area (TPSA) is 109 Å². The minimum atomic E-state index is -0.136. The number of nitrogens with zero attached hydrogens (tertiary/aromatic N) is 6. The Bertz CT molecular complexity index is 1140. The Kier molecular flexibility index (Phi) is 6.57. The number of hydrogen-bond donors (Lipinski definition) is 3. The van der Waals surface area contributed by atoms with Crippen LogP contribution in [0.2, 0.25) is 0 Å². The molecule has 0 amide bonds. The molecule has 0 unspecified atom stereocenters. The number of piperazine rings is 1. The van der Waals surface area contributed by atoms with Crippen molar-refractivity contribution in [2.24, 2.45) is 0 Å². The third kappa shape index (κ3) is 4.68. The van der Waals surface area contributed by atoms with Crippen molar-refractivity contribution in [1.29, 1.82) is 0 Å². The van der Waals surface area contributed by atoms with Crippen LogP contribution in [0.15, 0.2) is 48.5 Å². The molecule has 2 aromatic carbocycles. The van der Waals surface area contributed by atoms with Gasteiger partial charge in [-0.3, -0.25) is 4.90 Å². The van der Waals surface area contributed by atoms with E-state index < -0.39 is 0 Å². The molecular weight excluding hydrogens is 432 g/mol. The van der Waals surface area contributed by atoms with Crippen LogP contribution >= 0.6 is 0 Å². The fourth-order valence-corrected chi connectivity index (χ4v) is 4.70. The van der Waals surface area contributed by atoms with E-state index in [9.17, 15) is 15.3 Å². The lowest BCUT2D eigenvalue weighted by atomic mass is 9.94. The van der Waals surface area contributed by atoms with Crippen LogP contribution in [0.5, 0.6) is 5.75 Å². The van der Waals surface area contributed by atoms with Crippen LogP contribution in [0.3, 0.4) is 0 Å².